The fraction of sp³-hybridized carbons (Fsp3) is 0.417. The standard InChI is InChI=1S/C12H17N3O4/c1-3-14-12(16)8-13-7-9-4-5-11(19-2)10(6-9)15(17)18/h4-6,13H,3,7-8H2,1-2H3,(H,14,16). The summed E-state index contributed by atoms with van der Waals surface area (Å²) in [6.07, 6.45) is 0. The summed E-state index contributed by atoms with van der Waals surface area (Å²) < 4.78 is 4.91. The summed E-state index contributed by atoms with van der Waals surface area (Å²) in [5, 5.41) is 16.4. The first-order chi connectivity index (χ1) is 9.08. The van der Waals surface area contributed by atoms with Crippen LogP contribution < -0.4 is 15.4 Å². The van der Waals surface area contributed by atoms with Crippen LogP contribution in [0.4, 0.5) is 5.69 Å². The highest BCUT2D eigenvalue weighted by Crippen LogP contribution is 2.27. The van der Waals surface area contributed by atoms with Crippen molar-refractivity contribution in [1.29, 1.82) is 0 Å². The summed E-state index contributed by atoms with van der Waals surface area (Å²) in [6.45, 7) is 2.97. The van der Waals surface area contributed by atoms with E-state index in [1.165, 1.54) is 13.2 Å². The van der Waals surface area contributed by atoms with Crippen molar-refractivity contribution in [3.05, 3.63) is 33.9 Å². The maximum Gasteiger partial charge on any atom is 0.311 e. The predicted molar refractivity (Wildman–Crippen MR) is 70.0 cm³/mol. The van der Waals surface area contributed by atoms with Crippen molar-refractivity contribution in [2.45, 2.75) is 13.5 Å². The molecule has 0 aliphatic carbocycles. The second kappa shape index (κ2) is 7.32. The molecule has 0 unspecified atom stereocenters. The number of ether oxygens (including phenoxy) is 1. The average molecular weight is 267 g/mol. The maximum atomic E-state index is 11.2. The van der Waals surface area contributed by atoms with Crippen LogP contribution in [-0.2, 0) is 11.3 Å². The first-order valence-corrected chi connectivity index (χ1v) is 5.87. The first kappa shape index (κ1) is 14.9. The van der Waals surface area contributed by atoms with E-state index in [0.29, 0.717) is 13.1 Å². The van der Waals surface area contributed by atoms with Crippen LogP contribution in [0.3, 0.4) is 0 Å². The molecule has 0 bridgehead atoms. The number of methoxy groups -OCH3 is 1. The number of nitro benzene ring substituents is 1. The lowest BCUT2D eigenvalue weighted by Gasteiger charge is -2.07. The minimum Gasteiger partial charge on any atom is -0.490 e. The summed E-state index contributed by atoms with van der Waals surface area (Å²) >= 11 is 0. The average Bonchev–Trinajstić information content (AvgIpc) is 2.38. The van der Waals surface area contributed by atoms with Crippen LogP contribution in [-0.4, -0.2) is 31.0 Å². The Morgan fingerprint density at radius 2 is 2.21 bits per heavy atom. The number of nitrogens with zero attached hydrogens (tertiary/aromatic N) is 1. The van der Waals surface area contributed by atoms with Gasteiger partial charge in [0.2, 0.25) is 5.91 Å². The quantitative estimate of drug-likeness (QED) is 0.563. The molecule has 0 saturated heterocycles. The highest BCUT2D eigenvalue weighted by molar-refractivity contribution is 5.77. The molecule has 1 aromatic carbocycles. The van der Waals surface area contributed by atoms with Crippen molar-refractivity contribution in [1.82, 2.24) is 10.6 Å². The lowest BCUT2D eigenvalue weighted by Crippen LogP contribution is -2.33. The fourth-order valence-electron chi connectivity index (χ4n) is 1.57. The van der Waals surface area contributed by atoms with E-state index in [4.69, 9.17) is 4.74 Å². The van der Waals surface area contributed by atoms with E-state index >= 15 is 0 Å². The van der Waals surface area contributed by atoms with Crippen molar-refractivity contribution in [3.63, 3.8) is 0 Å². The van der Waals surface area contributed by atoms with Crippen molar-refractivity contribution in [2.24, 2.45) is 0 Å². The molecule has 2 N–H and O–H groups in total. The maximum absolute atomic E-state index is 11.2. The van der Waals surface area contributed by atoms with Crippen LogP contribution in [0.1, 0.15) is 12.5 Å². The molecule has 1 aromatic rings. The molecule has 0 radical (unpaired) electrons. The fourth-order valence-corrected chi connectivity index (χ4v) is 1.57. The zero-order valence-electron chi connectivity index (χ0n) is 10.9. The number of hydrogen-bond acceptors (Lipinski definition) is 5. The minimum absolute atomic E-state index is 0.0835. The zero-order valence-corrected chi connectivity index (χ0v) is 10.9. The van der Waals surface area contributed by atoms with Gasteiger partial charge in [-0.2, -0.15) is 0 Å². The molecule has 19 heavy (non-hydrogen) atoms. The molecule has 0 fully saturated rings. The first-order valence-electron chi connectivity index (χ1n) is 5.87. The summed E-state index contributed by atoms with van der Waals surface area (Å²) in [4.78, 5) is 21.6. The lowest BCUT2D eigenvalue weighted by molar-refractivity contribution is -0.385. The van der Waals surface area contributed by atoms with Crippen LogP contribution >= 0.6 is 0 Å². The number of nitrogens with one attached hydrogen (secondary N) is 2. The normalized spacial score (nSPS) is 10.0. The Kier molecular flexibility index (Phi) is 5.74. The molecule has 7 nitrogen and oxygen atoms in total. The van der Waals surface area contributed by atoms with Crippen molar-refractivity contribution in [3.8, 4) is 5.75 Å². The van der Waals surface area contributed by atoms with Gasteiger partial charge in [-0.05, 0) is 18.6 Å². The Hall–Kier alpha value is -2.15. The van der Waals surface area contributed by atoms with Gasteiger partial charge >= 0.3 is 5.69 Å². The topological polar surface area (TPSA) is 93.5 Å². The number of hydrogen-bond donors (Lipinski definition) is 2. The van der Waals surface area contributed by atoms with Crippen LogP contribution in [0, 0.1) is 10.1 Å². The van der Waals surface area contributed by atoms with Crippen LogP contribution in [0.5, 0.6) is 5.75 Å². The Morgan fingerprint density at radius 3 is 2.79 bits per heavy atom. The molecular weight excluding hydrogens is 250 g/mol. The summed E-state index contributed by atoms with van der Waals surface area (Å²) in [7, 11) is 1.38. The minimum atomic E-state index is -0.494. The van der Waals surface area contributed by atoms with E-state index in [2.05, 4.69) is 10.6 Å². The molecule has 0 atom stereocenters. The summed E-state index contributed by atoms with van der Waals surface area (Å²) in [5.74, 6) is 0.114. The Balaban J connectivity index is 2.62. The lowest BCUT2D eigenvalue weighted by atomic mass is 10.2. The van der Waals surface area contributed by atoms with Crippen LogP contribution in [0.25, 0.3) is 0 Å². The molecule has 1 rings (SSSR count). The Morgan fingerprint density at radius 1 is 1.47 bits per heavy atom. The van der Waals surface area contributed by atoms with Gasteiger partial charge in [-0.15, -0.1) is 0 Å². The molecule has 0 heterocycles. The van der Waals surface area contributed by atoms with E-state index in [1.54, 1.807) is 12.1 Å². The number of carbonyl (C=O) groups excluding carboxylic acids is 1. The molecular formula is C12H17N3O4. The molecule has 0 aliphatic heterocycles. The van der Waals surface area contributed by atoms with Crippen LogP contribution in [0.2, 0.25) is 0 Å². The monoisotopic (exact) mass is 267 g/mol. The Labute approximate surface area is 111 Å². The molecule has 0 aromatic heterocycles. The molecule has 104 valence electrons. The third kappa shape index (κ3) is 4.55. The van der Waals surface area contributed by atoms with Gasteiger partial charge in [0.25, 0.3) is 0 Å². The van der Waals surface area contributed by atoms with Gasteiger partial charge in [-0.25, -0.2) is 0 Å². The van der Waals surface area contributed by atoms with Crippen LogP contribution in [0.15, 0.2) is 18.2 Å². The van der Waals surface area contributed by atoms with Crippen molar-refractivity contribution in [2.75, 3.05) is 20.2 Å². The largest absolute Gasteiger partial charge is 0.490 e. The van der Waals surface area contributed by atoms with E-state index < -0.39 is 4.92 Å². The number of amides is 1. The van der Waals surface area contributed by atoms with E-state index in [0.717, 1.165) is 5.56 Å². The predicted octanol–water partition coefficient (Wildman–Crippen LogP) is 0.829. The van der Waals surface area contributed by atoms with Gasteiger partial charge in [0.1, 0.15) is 0 Å². The van der Waals surface area contributed by atoms with Gasteiger partial charge in [-0.1, -0.05) is 6.07 Å². The van der Waals surface area contributed by atoms with Gasteiger partial charge in [0.15, 0.2) is 5.75 Å². The summed E-state index contributed by atoms with van der Waals surface area (Å²) in [6, 6.07) is 4.70. The third-order valence-electron chi connectivity index (χ3n) is 2.43. The van der Waals surface area contributed by atoms with E-state index in [-0.39, 0.29) is 23.9 Å². The number of likely N-dealkylation sites (N-methyl/N-ethyl adjacent to an activating group) is 1. The highest BCUT2D eigenvalue weighted by atomic mass is 16.6. The van der Waals surface area contributed by atoms with Crippen molar-refractivity contribution >= 4 is 11.6 Å². The Bertz CT molecular complexity index is 462. The smallest absolute Gasteiger partial charge is 0.311 e. The van der Waals surface area contributed by atoms with Gasteiger partial charge < -0.3 is 15.4 Å². The number of carbonyl (C=O) groups is 1. The molecule has 0 saturated carbocycles. The number of benzene rings is 1. The SMILES string of the molecule is CCNC(=O)CNCc1ccc(OC)c([N+](=O)[O-])c1. The molecule has 1 amide bonds. The van der Waals surface area contributed by atoms with Crippen molar-refractivity contribution < 1.29 is 14.5 Å². The second-order valence-corrected chi connectivity index (χ2v) is 3.82. The number of nitro groups is 1. The molecule has 0 aliphatic rings. The second-order valence-electron chi connectivity index (χ2n) is 3.82. The molecule has 7 heteroatoms. The number of rotatable bonds is 7. The van der Waals surface area contributed by atoms with Gasteiger partial charge in [0, 0.05) is 19.2 Å². The highest BCUT2D eigenvalue weighted by Gasteiger charge is 2.14. The van der Waals surface area contributed by atoms with Gasteiger partial charge in [0.05, 0.1) is 18.6 Å². The van der Waals surface area contributed by atoms with E-state index in [9.17, 15) is 14.9 Å². The van der Waals surface area contributed by atoms with E-state index in [1.807, 2.05) is 6.92 Å². The van der Waals surface area contributed by atoms with Gasteiger partial charge in [-0.3, -0.25) is 14.9 Å². The third-order valence-corrected chi connectivity index (χ3v) is 2.43. The summed E-state index contributed by atoms with van der Waals surface area (Å²) in [5.41, 5.74) is 0.636. The zero-order chi connectivity index (χ0) is 14.3. The molecule has 0 spiro atoms.